The van der Waals surface area contributed by atoms with Crippen molar-refractivity contribution in [2.24, 2.45) is 0 Å². The van der Waals surface area contributed by atoms with Gasteiger partial charge >= 0.3 is 0 Å². The Bertz CT molecular complexity index is 526. The maximum absolute atomic E-state index is 13.0. The topological polar surface area (TPSA) is 75.6 Å². The van der Waals surface area contributed by atoms with Gasteiger partial charge in [-0.05, 0) is 25.0 Å². The van der Waals surface area contributed by atoms with Gasteiger partial charge in [0.05, 0.1) is 10.9 Å². The van der Waals surface area contributed by atoms with Crippen molar-refractivity contribution >= 4 is 15.7 Å². The number of phenols is 1. The fourth-order valence-electron chi connectivity index (χ4n) is 1.81. The lowest BCUT2D eigenvalue weighted by Crippen LogP contribution is -2.33. The number of ether oxygens (including phenoxy) is 1. The second-order valence-corrected chi connectivity index (χ2v) is 6.08. The summed E-state index contributed by atoms with van der Waals surface area (Å²) in [5.41, 5.74) is -0.138. The zero-order chi connectivity index (χ0) is 13.2. The monoisotopic (exact) mass is 275 g/mol. The highest BCUT2D eigenvalue weighted by Gasteiger charge is 2.28. The van der Waals surface area contributed by atoms with Gasteiger partial charge in [0.15, 0.2) is 0 Å². The standard InChI is InChI=1S/C11H14FNO4S/c12-8-1-2-11(14)10(7-8)13-18(15,16)9-3-5-17-6-4-9/h1-2,7,9,13-14H,3-6H2. The van der Waals surface area contributed by atoms with Crippen molar-refractivity contribution in [2.75, 3.05) is 17.9 Å². The second-order valence-electron chi connectivity index (χ2n) is 4.12. The molecule has 2 rings (SSSR count). The third kappa shape index (κ3) is 2.91. The minimum atomic E-state index is -3.63. The first-order valence-corrected chi connectivity index (χ1v) is 7.11. The van der Waals surface area contributed by atoms with Gasteiger partial charge in [-0.3, -0.25) is 4.72 Å². The van der Waals surface area contributed by atoms with E-state index in [9.17, 15) is 17.9 Å². The number of nitrogens with one attached hydrogen (secondary N) is 1. The van der Waals surface area contributed by atoms with E-state index in [2.05, 4.69) is 4.72 Å². The predicted molar refractivity (Wildman–Crippen MR) is 64.4 cm³/mol. The number of anilines is 1. The van der Waals surface area contributed by atoms with Crippen LogP contribution in [0.2, 0.25) is 0 Å². The number of hydrogen-bond acceptors (Lipinski definition) is 4. The Hall–Kier alpha value is -1.34. The molecule has 1 heterocycles. The molecule has 0 unspecified atom stereocenters. The van der Waals surface area contributed by atoms with Gasteiger partial charge in [0, 0.05) is 19.3 Å². The molecule has 0 atom stereocenters. The van der Waals surface area contributed by atoms with E-state index in [4.69, 9.17) is 4.74 Å². The minimum Gasteiger partial charge on any atom is -0.506 e. The highest BCUT2D eigenvalue weighted by Crippen LogP contribution is 2.27. The molecule has 1 aromatic rings. The number of sulfonamides is 1. The van der Waals surface area contributed by atoms with Crippen molar-refractivity contribution < 1.29 is 22.7 Å². The van der Waals surface area contributed by atoms with Crippen LogP contribution in [0.15, 0.2) is 18.2 Å². The summed E-state index contributed by atoms with van der Waals surface area (Å²) in [5, 5.41) is 8.90. The molecule has 0 bridgehead atoms. The molecule has 5 nitrogen and oxygen atoms in total. The lowest BCUT2D eigenvalue weighted by atomic mass is 10.2. The van der Waals surface area contributed by atoms with Crippen molar-refractivity contribution in [1.29, 1.82) is 0 Å². The molecule has 0 saturated carbocycles. The zero-order valence-corrected chi connectivity index (χ0v) is 10.4. The Balaban J connectivity index is 2.18. The summed E-state index contributed by atoms with van der Waals surface area (Å²) in [5.74, 6) is -0.912. The van der Waals surface area contributed by atoms with E-state index < -0.39 is 21.1 Å². The fourth-order valence-corrected chi connectivity index (χ4v) is 3.26. The number of hydrogen-bond donors (Lipinski definition) is 2. The fraction of sp³-hybridized carbons (Fsp3) is 0.455. The third-order valence-electron chi connectivity index (χ3n) is 2.82. The molecule has 0 spiro atoms. The van der Waals surface area contributed by atoms with E-state index in [-0.39, 0.29) is 11.4 Å². The van der Waals surface area contributed by atoms with Crippen LogP contribution in [0.5, 0.6) is 5.75 Å². The van der Waals surface area contributed by atoms with Crippen molar-refractivity contribution in [2.45, 2.75) is 18.1 Å². The first-order valence-electron chi connectivity index (χ1n) is 5.57. The summed E-state index contributed by atoms with van der Waals surface area (Å²) in [6.45, 7) is 0.779. The number of aromatic hydroxyl groups is 1. The Morgan fingerprint density at radius 2 is 2.00 bits per heavy atom. The molecule has 0 aliphatic carbocycles. The molecular formula is C11H14FNO4S. The van der Waals surface area contributed by atoms with Gasteiger partial charge < -0.3 is 9.84 Å². The van der Waals surface area contributed by atoms with E-state index in [1.165, 1.54) is 0 Å². The normalized spacial score (nSPS) is 17.6. The van der Waals surface area contributed by atoms with Crippen LogP contribution in [0.25, 0.3) is 0 Å². The maximum atomic E-state index is 13.0. The molecule has 0 aromatic heterocycles. The molecule has 7 heteroatoms. The predicted octanol–water partition coefficient (Wildman–Crippen LogP) is 1.45. The molecule has 18 heavy (non-hydrogen) atoms. The molecule has 1 aliphatic heterocycles. The van der Waals surface area contributed by atoms with Gasteiger partial charge in [-0.25, -0.2) is 12.8 Å². The van der Waals surface area contributed by atoms with E-state index in [0.29, 0.717) is 26.1 Å². The van der Waals surface area contributed by atoms with Crippen LogP contribution in [0, 0.1) is 5.82 Å². The SMILES string of the molecule is O=S(=O)(Nc1cc(F)ccc1O)C1CCOCC1. The summed E-state index contributed by atoms with van der Waals surface area (Å²) in [4.78, 5) is 0. The molecule has 1 saturated heterocycles. The van der Waals surface area contributed by atoms with Crippen molar-refractivity contribution in [3.8, 4) is 5.75 Å². The number of halogens is 1. The van der Waals surface area contributed by atoms with E-state index in [0.717, 1.165) is 18.2 Å². The number of rotatable bonds is 3. The zero-order valence-electron chi connectivity index (χ0n) is 9.60. The van der Waals surface area contributed by atoms with Crippen molar-refractivity contribution in [1.82, 2.24) is 0 Å². The maximum Gasteiger partial charge on any atom is 0.235 e. The molecule has 1 fully saturated rings. The molecule has 100 valence electrons. The van der Waals surface area contributed by atoms with Crippen LogP contribution >= 0.6 is 0 Å². The molecule has 2 N–H and O–H groups in total. The van der Waals surface area contributed by atoms with Gasteiger partial charge in [-0.2, -0.15) is 0 Å². The first-order chi connectivity index (χ1) is 8.49. The van der Waals surface area contributed by atoms with Gasteiger partial charge in [0.1, 0.15) is 11.6 Å². The minimum absolute atomic E-state index is 0.138. The Labute approximate surface area is 105 Å². The highest BCUT2D eigenvalue weighted by atomic mass is 32.2. The van der Waals surface area contributed by atoms with Crippen LogP contribution in [-0.4, -0.2) is 32.0 Å². The van der Waals surface area contributed by atoms with Crippen LogP contribution < -0.4 is 4.72 Å². The van der Waals surface area contributed by atoms with Crippen LogP contribution in [0.3, 0.4) is 0 Å². The summed E-state index contributed by atoms with van der Waals surface area (Å²) in [6, 6.07) is 3.12. The summed E-state index contributed by atoms with van der Waals surface area (Å²) in [7, 11) is -3.63. The molecular weight excluding hydrogens is 261 g/mol. The third-order valence-corrected chi connectivity index (χ3v) is 4.67. The van der Waals surface area contributed by atoms with E-state index >= 15 is 0 Å². The van der Waals surface area contributed by atoms with Gasteiger partial charge in [-0.1, -0.05) is 0 Å². The quantitative estimate of drug-likeness (QED) is 0.819. The van der Waals surface area contributed by atoms with Gasteiger partial charge in [0.25, 0.3) is 0 Å². The van der Waals surface area contributed by atoms with E-state index in [1.54, 1.807) is 0 Å². The molecule has 1 aromatic carbocycles. The van der Waals surface area contributed by atoms with Gasteiger partial charge in [0.2, 0.25) is 10.0 Å². The molecule has 0 radical (unpaired) electrons. The van der Waals surface area contributed by atoms with Gasteiger partial charge in [-0.15, -0.1) is 0 Å². The summed E-state index contributed by atoms with van der Waals surface area (Å²) < 4.78 is 44.3. The lowest BCUT2D eigenvalue weighted by molar-refractivity contribution is 0.0984. The highest BCUT2D eigenvalue weighted by molar-refractivity contribution is 7.93. The second kappa shape index (κ2) is 5.11. The Morgan fingerprint density at radius 1 is 1.33 bits per heavy atom. The van der Waals surface area contributed by atoms with Crippen molar-refractivity contribution in [3.05, 3.63) is 24.0 Å². The number of benzene rings is 1. The molecule has 0 amide bonds. The number of phenolic OH excluding ortho intramolecular Hbond substituents is 1. The molecule has 1 aliphatic rings. The Morgan fingerprint density at radius 3 is 2.67 bits per heavy atom. The van der Waals surface area contributed by atoms with E-state index in [1.807, 2.05) is 0 Å². The average Bonchev–Trinajstić information content (AvgIpc) is 2.35. The first kappa shape index (κ1) is 13.1. The average molecular weight is 275 g/mol. The largest absolute Gasteiger partial charge is 0.506 e. The van der Waals surface area contributed by atoms with Crippen LogP contribution in [-0.2, 0) is 14.8 Å². The smallest absolute Gasteiger partial charge is 0.235 e. The van der Waals surface area contributed by atoms with Crippen molar-refractivity contribution in [3.63, 3.8) is 0 Å². The van der Waals surface area contributed by atoms with Crippen LogP contribution in [0.4, 0.5) is 10.1 Å². The lowest BCUT2D eigenvalue weighted by Gasteiger charge is -2.22. The summed E-state index contributed by atoms with van der Waals surface area (Å²) in [6.07, 6.45) is 0.789. The van der Waals surface area contributed by atoms with Crippen LogP contribution in [0.1, 0.15) is 12.8 Å². The summed E-state index contributed by atoms with van der Waals surface area (Å²) >= 11 is 0. The Kier molecular flexibility index (Phi) is 3.72.